The molecule has 1 aromatic rings. The molecule has 1 fully saturated rings. The molecule has 1 aromatic carbocycles. The van der Waals surface area contributed by atoms with Crippen molar-refractivity contribution in [1.82, 2.24) is 4.90 Å². The summed E-state index contributed by atoms with van der Waals surface area (Å²) in [4.78, 5) is 25.9. The first kappa shape index (κ1) is 14.9. The highest BCUT2D eigenvalue weighted by Gasteiger charge is 2.28. The number of carbonyl (C=O) groups excluding carboxylic acids is 2. The minimum absolute atomic E-state index is 0.0373. The number of para-hydroxylation sites is 1. The minimum Gasteiger partial charge on any atom is -0.492 e. The van der Waals surface area contributed by atoms with Gasteiger partial charge in [-0.2, -0.15) is 0 Å². The van der Waals surface area contributed by atoms with Gasteiger partial charge in [0.25, 0.3) is 5.91 Å². The Morgan fingerprint density at radius 2 is 2.09 bits per heavy atom. The maximum atomic E-state index is 12.7. The summed E-state index contributed by atoms with van der Waals surface area (Å²) < 4.78 is 10.3. The summed E-state index contributed by atoms with van der Waals surface area (Å²) in [5.41, 5.74) is 1.79. The molecular formula is C17H21NO4. The smallest absolute Gasteiger partial charge is 0.305 e. The summed E-state index contributed by atoms with van der Waals surface area (Å²) in [5, 5.41) is 0. The molecule has 2 aliphatic heterocycles. The molecule has 0 spiro atoms. The van der Waals surface area contributed by atoms with Crippen LogP contribution in [0, 0.1) is 5.92 Å². The fraction of sp³-hybridized carbons (Fsp3) is 0.529. The van der Waals surface area contributed by atoms with E-state index in [4.69, 9.17) is 9.47 Å². The van der Waals surface area contributed by atoms with Gasteiger partial charge in [0.1, 0.15) is 5.75 Å². The van der Waals surface area contributed by atoms with Crippen LogP contribution in [0.4, 0.5) is 0 Å². The van der Waals surface area contributed by atoms with Gasteiger partial charge in [0.15, 0.2) is 0 Å². The number of carbonyl (C=O) groups is 2. The lowest BCUT2D eigenvalue weighted by atomic mass is 9.93. The highest BCUT2D eigenvalue weighted by Crippen LogP contribution is 2.31. The zero-order chi connectivity index (χ0) is 15.5. The van der Waals surface area contributed by atoms with E-state index >= 15 is 0 Å². The maximum absolute atomic E-state index is 12.7. The molecule has 0 aromatic heterocycles. The summed E-state index contributed by atoms with van der Waals surface area (Å²) in [6.07, 6.45) is 3.01. The Kier molecular flexibility index (Phi) is 4.32. The first-order valence-corrected chi connectivity index (χ1v) is 7.80. The fourth-order valence-electron chi connectivity index (χ4n) is 3.21. The van der Waals surface area contributed by atoms with Crippen LogP contribution in [0.25, 0.3) is 0 Å². The average Bonchev–Trinajstić information content (AvgIpc) is 3.03. The Hall–Kier alpha value is -2.04. The second-order valence-corrected chi connectivity index (χ2v) is 5.91. The van der Waals surface area contributed by atoms with Gasteiger partial charge in [-0.25, -0.2) is 0 Å². The lowest BCUT2D eigenvalue weighted by Crippen LogP contribution is -2.39. The van der Waals surface area contributed by atoms with Crippen LogP contribution in [-0.2, 0) is 16.0 Å². The van der Waals surface area contributed by atoms with Crippen molar-refractivity contribution in [2.45, 2.75) is 25.7 Å². The normalized spacial score (nSPS) is 17.8. The molecule has 118 valence electrons. The van der Waals surface area contributed by atoms with Gasteiger partial charge >= 0.3 is 5.97 Å². The number of hydrogen-bond donors (Lipinski definition) is 0. The van der Waals surface area contributed by atoms with Gasteiger partial charge in [-0.1, -0.05) is 12.1 Å². The summed E-state index contributed by atoms with van der Waals surface area (Å²) >= 11 is 0. The number of amides is 1. The van der Waals surface area contributed by atoms with Gasteiger partial charge in [-0.05, 0) is 30.4 Å². The Morgan fingerprint density at radius 3 is 2.82 bits per heavy atom. The molecule has 2 aliphatic rings. The molecule has 0 N–H and O–H groups in total. The van der Waals surface area contributed by atoms with Crippen molar-refractivity contribution in [2.24, 2.45) is 5.92 Å². The van der Waals surface area contributed by atoms with Gasteiger partial charge in [0, 0.05) is 25.9 Å². The van der Waals surface area contributed by atoms with Crippen molar-refractivity contribution in [2.75, 3.05) is 26.8 Å². The van der Waals surface area contributed by atoms with Crippen molar-refractivity contribution < 1.29 is 19.1 Å². The molecule has 3 rings (SSSR count). The van der Waals surface area contributed by atoms with Crippen LogP contribution in [0.2, 0.25) is 0 Å². The number of ether oxygens (including phenoxy) is 2. The average molecular weight is 303 g/mol. The van der Waals surface area contributed by atoms with E-state index in [-0.39, 0.29) is 11.9 Å². The van der Waals surface area contributed by atoms with E-state index in [0.29, 0.717) is 37.6 Å². The molecule has 0 radical (unpaired) electrons. The third-order valence-corrected chi connectivity index (χ3v) is 4.53. The molecule has 0 aliphatic carbocycles. The highest BCUT2D eigenvalue weighted by molar-refractivity contribution is 5.97. The summed E-state index contributed by atoms with van der Waals surface area (Å²) in [5.74, 6) is 0.938. The zero-order valence-corrected chi connectivity index (χ0v) is 12.8. The molecular weight excluding hydrogens is 282 g/mol. The Labute approximate surface area is 130 Å². The van der Waals surface area contributed by atoms with E-state index in [9.17, 15) is 9.59 Å². The number of piperidine rings is 1. The summed E-state index contributed by atoms with van der Waals surface area (Å²) in [6.45, 7) is 2.02. The Balaban J connectivity index is 1.63. The number of methoxy groups -OCH3 is 1. The van der Waals surface area contributed by atoms with Gasteiger partial charge in [0.05, 0.1) is 19.3 Å². The summed E-state index contributed by atoms with van der Waals surface area (Å²) in [6, 6.07) is 5.78. The molecule has 2 heterocycles. The second kappa shape index (κ2) is 6.38. The van der Waals surface area contributed by atoms with Crippen molar-refractivity contribution in [1.29, 1.82) is 0 Å². The summed E-state index contributed by atoms with van der Waals surface area (Å²) in [7, 11) is 1.41. The van der Waals surface area contributed by atoms with Crippen molar-refractivity contribution >= 4 is 11.9 Å². The van der Waals surface area contributed by atoms with E-state index in [1.807, 2.05) is 23.1 Å². The predicted molar refractivity (Wildman–Crippen MR) is 80.9 cm³/mol. The van der Waals surface area contributed by atoms with Crippen molar-refractivity contribution in [3.05, 3.63) is 29.3 Å². The number of esters is 1. The number of fused-ring (bicyclic) bond motifs is 1. The highest BCUT2D eigenvalue weighted by atomic mass is 16.5. The third-order valence-electron chi connectivity index (χ3n) is 4.53. The number of rotatable bonds is 3. The first-order valence-electron chi connectivity index (χ1n) is 7.80. The number of hydrogen-bond acceptors (Lipinski definition) is 4. The van der Waals surface area contributed by atoms with Crippen molar-refractivity contribution in [3.63, 3.8) is 0 Å². The van der Waals surface area contributed by atoms with Crippen LogP contribution in [0.1, 0.15) is 35.2 Å². The molecule has 0 saturated carbocycles. The first-order chi connectivity index (χ1) is 10.7. The van der Waals surface area contributed by atoms with Crippen LogP contribution in [-0.4, -0.2) is 43.6 Å². The second-order valence-electron chi connectivity index (χ2n) is 5.91. The standard InChI is InChI=1S/C17H21NO4/c1-21-15(19)11-12-5-8-18(9-6-12)17(20)14-4-2-3-13-7-10-22-16(13)14/h2-4,12H,5-11H2,1H3. The Bertz CT molecular complexity index is 576. The van der Waals surface area contributed by atoms with Gasteiger partial charge in [0.2, 0.25) is 0 Å². The topological polar surface area (TPSA) is 55.8 Å². The molecule has 5 nitrogen and oxygen atoms in total. The van der Waals surface area contributed by atoms with E-state index in [2.05, 4.69) is 0 Å². The monoisotopic (exact) mass is 303 g/mol. The number of nitrogens with zero attached hydrogens (tertiary/aromatic N) is 1. The Morgan fingerprint density at radius 1 is 1.32 bits per heavy atom. The zero-order valence-electron chi connectivity index (χ0n) is 12.8. The molecule has 5 heteroatoms. The van der Waals surface area contributed by atoms with Gasteiger partial charge < -0.3 is 14.4 Å². The molecule has 0 unspecified atom stereocenters. The van der Waals surface area contributed by atoms with Crippen LogP contribution >= 0.6 is 0 Å². The van der Waals surface area contributed by atoms with Crippen LogP contribution in [0.5, 0.6) is 5.75 Å². The lowest BCUT2D eigenvalue weighted by molar-refractivity contribution is -0.142. The van der Waals surface area contributed by atoms with Gasteiger partial charge in [-0.3, -0.25) is 9.59 Å². The van der Waals surface area contributed by atoms with E-state index in [0.717, 1.165) is 30.6 Å². The van der Waals surface area contributed by atoms with Crippen LogP contribution < -0.4 is 4.74 Å². The molecule has 1 saturated heterocycles. The van der Waals surface area contributed by atoms with E-state index in [1.165, 1.54) is 7.11 Å². The quantitative estimate of drug-likeness (QED) is 0.802. The number of likely N-dealkylation sites (tertiary alicyclic amines) is 1. The molecule has 1 amide bonds. The molecule has 22 heavy (non-hydrogen) atoms. The lowest BCUT2D eigenvalue weighted by Gasteiger charge is -2.31. The molecule has 0 bridgehead atoms. The van der Waals surface area contributed by atoms with E-state index < -0.39 is 0 Å². The maximum Gasteiger partial charge on any atom is 0.305 e. The fourth-order valence-corrected chi connectivity index (χ4v) is 3.21. The number of benzene rings is 1. The third kappa shape index (κ3) is 2.93. The largest absolute Gasteiger partial charge is 0.492 e. The van der Waals surface area contributed by atoms with Gasteiger partial charge in [-0.15, -0.1) is 0 Å². The predicted octanol–water partition coefficient (Wildman–Crippen LogP) is 2.04. The van der Waals surface area contributed by atoms with E-state index in [1.54, 1.807) is 0 Å². The minimum atomic E-state index is -0.168. The van der Waals surface area contributed by atoms with Crippen LogP contribution in [0.15, 0.2) is 18.2 Å². The molecule has 0 atom stereocenters. The van der Waals surface area contributed by atoms with Crippen LogP contribution in [0.3, 0.4) is 0 Å². The SMILES string of the molecule is COC(=O)CC1CCN(C(=O)c2cccc3c2OCC3)CC1. The van der Waals surface area contributed by atoms with Crippen molar-refractivity contribution in [3.8, 4) is 5.75 Å².